The number of ether oxygens (including phenoxy) is 1. The third-order valence-electron chi connectivity index (χ3n) is 4.70. The van der Waals surface area contributed by atoms with Crippen molar-refractivity contribution < 1.29 is 18.7 Å². The summed E-state index contributed by atoms with van der Waals surface area (Å²) in [5.41, 5.74) is 2.99. The number of amides is 1. The molecule has 0 saturated heterocycles. The lowest BCUT2D eigenvalue weighted by Crippen LogP contribution is -2.33. The monoisotopic (exact) mass is 407 g/mol. The molecule has 6 heteroatoms. The van der Waals surface area contributed by atoms with Gasteiger partial charge < -0.3 is 9.64 Å². The highest BCUT2D eigenvalue weighted by molar-refractivity contribution is 7.11. The number of hydrogen-bond donors (Lipinski definition) is 0. The number of esters is 1. The maximum Gasteiger partial charge on any atom is 0.340 e. The molecular weight excluding hydrogens is 389 g/mol. The van der Waals surface area contributed by atoms with Gasteiger partial charge in [-0.25, -0.2) is 9.18 Å². The van der Waals surface area contributed by atoms with Crippen LogP contribution in [0.15, 0.2) is 66.0 Å². The van der Waals surface area contributed by atoms with Gasteiger partial charge in [-0.1, -0.05) is 36.4 Å². The molecule has 0 fully saturated rings. The van der Waals surface area contributed by atoms with E-state index in [1.54, 1.807) is 29.2 Å². The van der Waals surface area contributed by atoms with Gasteiger partial charge in [-0.2, -0.15) is 0 Å². The number of hydrogen-bond acceptors (Lipinski definition) is 4. The molecule has 29 heavy (non-hydrogen) atoms. The fourth-order valence-corrected chi connectivity index (χ4v) is 4.00. The molecule has 0 aliphatic carbocycles. The van der Waals surface area contributed by atoms with Crippen molar-refractivity contribution >= 4 is 40.5 Å². The van der Waals surface area contributed by atoms with E-state index in [2.05, 4.69) is 0 Å². The topological polar surface area (TPSA) is 46.6 Å². The van der Waals surface area contributed by atoms with E-state index in [1.165, 1.54) is 23.5 Å². The summed E-state index contributed by atoms with van der Waals surface area (Å²) in [5, 5.41) is 1.85. The predicted octanol–water partition coefficient (Wildman–Crippen LogP) is 4.56. The molecule has 4 nitrogen and oxygen atoms in total. The lowest BCUT2D eigenvalue weighted by atomic mass is 10.1. The van der Waals surface area contributed by atoms with E-state index < -0.39 is 5.97 Å². The van der Waals surface area contributed by atoms with Gasteiger partial charge in [-0.15, -0.1) is 11.3 Å². The molecule has 1 aliphatic heterocycles. The second-order valence-corrected chi connectivity index (χ2v) is 7.53. The molecule has 0 bridgehead atoms. The second kappa shape index (κ2) is 8.41. The minimum Gasteiger partial charge on any atom is -0.452 e. The quantitative estimate of drug-likeness (QED) is 0.460. The smallest absolute Gasteiger partial charge is 0.340 e. The van der Waals surface area contributed by atoms with Crippen molar-refractivity contribution in [2.75, 3.05) is 18.1 Å². The molecule has 4 rings (SSSR count). The van der Waals surface area contributed by atoms with Crippen molar-refractivity contribution in [3.8, 4) is 0 Å². The minimum atomic E-state index is -0.586. The first-order chi connectivity index (χ1) is 14.1. The number of benzene rings is 2. The van der Waals surface area contributed by atoms with E-state index in [9.17, 15) is 14.0 Å². The van der Waals surface area contributed by atoms with Crippen molar-refractivity contribution in [1.82, 2.24) is 0 Å². The molecule has 0 atom stereocenters. The summed E-state index contributed by atoms with van der Waals surface area (Å²) >= 11 is 1.39. The van der Waals surface area contributed by atoms with Crippen LogP contribution in [-0.2, 0) is 20.7 Å². The van der Waals surface area contributed by atoms with Crippen LogP contribution in [0.25, 0.3) is 11.6 Å². The molecule has 2 heterocycles. The van der Waals surface area contributed by atoms with Crippen LogP contribution in [0.5, 0.6) is 0 Å². The van der Waals surface area contributed by atoms with Crippen molar-refractivity contribution in [3.63, 3.8) is 0 Å². The van der Waals surface area contributed by atoms with Crippen LogP contribution in [0.2, 0.25) is 0 Å². The average Bonchev–Trinajstić information content (AvgIpc) is 3.41. The highest BCUT2D eigenvalue weighted by atomic mass is 32.1. The zero-order valence-electron chi connectivity index (χ0n) is 15.5. The van der Waals surface area contributed by atoms with Crippen LogP contribution < -0.4 is 4.90 Å². The summed E-state index contributed by atoms with van der Waals surface area (Å²) in [4.78, 5) is 27.7. The first-order valence-corrected chi connectivity index (χ1v) is 10.1. The Hall–Kier alpha value is -3.25. The predicted molar refractivity (Wildman–Crippen MR) is 112 cm³/mol. The molecule has 0 spiro atoms. The van der Waals surface area contributed by atoms with Crippen molar-refractivity contribution in [3.05, 3.63) is 87.9 Å². The normalized spacial score (nSPS) is 13.3. The molecule has 2 aromatic carbocycles. The Morgan fingerprint density at radius 3 is 2.62 bits per heavy atom. The summed E-state index contributed by atoms with van der Waals surface area (Å²) < 4.78 is 18.5. The number of halogens is 1. The van der Waals surface area contributed by atoms with Crippen LogP contribution in [0, 0.1) is 5.82 Å². The van der Waals surface area contributed by atoms with E-state index in [1.807, 2.05) is 35.7 Å². The number of para-hydroxylation sites is 1. The zero-order valence-corrected chi connectivity index (χ0v) is 16.3. The number of carbonyl (C=O) groups is 2. The van der Waals surface area contributed by atoms with E-state index in [0.717, 1.165) is 22.5 Å². The highest BCUT2D eigenvalue weighted by Crippen LogP contribution is 2.28. The summed E-state index contributed by atoms with van der Waals surface area (Å²) in [5.74, 6) is -1.19. The average molecular weight is 407 g/mol. The second-order valence-electron chi connectivity index (χ2n) is 6.59. The van der Waals surface area contributed by atoms with E-state index >= 15 is 0 Å². The largest absolute Gasteiger partial charge is 0.452 e. The van der Waals surface area contributed by atoms with Crippen molar-refractivity contribution in [1.29, 1.82) is 0 Å². The number of rotatable bonds is 5. The zero-order chi connectivity index (χ0) is 20.2. The van der Waals surface area contributed by atoms with Crippen LogP contribution in [0.3, 0.4) is 0 Å². The fraction of sp³-hybridized carbons (Fsp3) is 0.130. The van der Waals surface area contributed by atoms with Crippen LogP contribution >= 0.6 is 11.3 Å². The Balaban J connectivity index is 1.49. The first kappa shape index (κ1) is 19.1. The maximum atomic E-state index is 13.2. The lowest BCUT2D eigenvalue weighted by molar-refractivity contribution is -0.141. The lowest BCUT2D eigenvalue weighted by Gasteiger charge is -2.17. The van der Waals surface area contributed by atoms with Gasteiger partial charge in [-0.05, 0) is 53.3 Å². The molecular formula is C23H18FNO3S. The summed E-state index contributed by atoms with van der Waals surface area (Å²) in [6.07, 6.45) is 2.43. The van der Waals surface area contributed by atoms with Gasteiger partial charge in [0.05, 0.1) is 5.57 Å². The van der Waals surface area contributed by atoms with Gasteiger partial charge in [0.25, 0.3) is 5.91 Å². The van der Waals surface area contributed by atoms with Crippen molar-refractivity contribution in [2.24, 2.45) is 0 Å². The molecule has 0 radical (unpaired) electrons. The molecule has 1 aromatic heterocycles. The van der Waals surface area contributed by atoms with Crippen LogP contribution in [0.1, 0.15) is 16.0 Å². The van der Waals surface area contributed by atoms with E-state index in [-0.39, 0.29) is 18.3 Å². The van der Waals surface area contributed by atoms with Crippen LogP contribution in [0.4, 0.5) is 10.1 Å². The van der Waals surface area contributed by atoms with E-state index in [0.29, 0.717) is 17.7 Å². The van der Waals surface area contributed by atoms with Gasteiger partial charge >= 0.3 is 5.97 Å². The highest BCUT2D eigenvalue weighted by Gasteiger charge is 2.25. The Morgan fingerprint density at radius 2 is 1.86 bits per heavy atom. The molecule has 0 N–H and O–H groups in total. The number of carbonyl (C=O) groups excluding carboxylic acids is 2. The van der Waals surface area contributed by atoms with Gasteiger partial charge in [0.2, 0.25) is 0 Å². The standard InChI is InChI=1S/C23H18FNO3S/c24-18-9-7-16(8-10-18)14-19(21-6-3-13-29-21)23(27)28-15-22(26)25-12-11-17-4-1-2-5-20(17)25/h1-10,13-14H,11-12,15H2/b19-14+. The SMILES string of the molecule is O=C(OCC(=O)N1CCc2ccccc21)/C(=C/c1ccc(F)cc1)c1cccs1. The Morgan fingerprint density at radius 1 is 1.07 bits per heavy atom. The molecule has 3 aromatic rings. The summed E-state index contributed by atoms with van der Waals surface area (Å²) in [7, 11) is 0. The van der Waals surface area contributed by atoms with Crippen molar-refractivity contribution in [2.45, 2.75) is 6.42 Å². The Kier molecular flexibility index (Phi) is 5.53. The molecule has 0 unspecified atom stereocenters. The number of anilines is 1. The molecule has 1 aliphatic rings. The number of fused-ring (bicyclic) bond motifs is 1. The fourth-order valence-electron chi connectivity index (χ4n) is 3.27. The molecule has 1 amide bonds. The van der Waals surface area contributed by atoms with Crippen LogP contribution in [-0.4, -0.2) is 25.0 Å². The van der Waals surface area contributed by atoms with Gasteiger partial charge in [-0.3, -0.25) is 4.79 Å². The maximum absolute atomic E-state index is 13.2. The number of nitrogens with zero attached hydrogens (tertiary/aromatic N) is 1. The third-order valence-corrected chi connectivity index (χ3v) is 5.61. The Bertz CT molecular complexity index is 1060. The summed E-state index contributed by atoms with van der Waals surface area (Å²) in [6.45, 7) is 0.248. The minimum absolute atomic E-state index is 0.254. The molecule has 0 saturated carbocycles. The van der Waals surface area contributed by atoms with Gasteiger partial charge in [0.15, 0.2) is 6.61 Å². The third kappa shape index (κ3) is 4.27. The van der Waals surface area contributed by atoms with Gasteiger partial charge in [0.1, 0.15) is 5.82 Å². The Labute approximate surface area is 171 Å². The van der Waals surface area contributed by atoms with Gasteiger partial charge in [0, 0.05) is 17.1 Å². The first-order valence-electron chi connectivity index (χ1n) is 9.18. The summed E-state index contributed by atoms with van der Waals surface area (Å²) in [6, 6.07) is 17.2. The molecule has 146 valence electrons. The number of thiophene rings is 1. The van der Waals surface area contributed by atoms with E-state index in [4.69, 9.17) is 4.74 Å².